The number of rotatable bonds is 5. The van der Waals surface area contributed by atoms with E-state index >= 15 is 0 Å². The summed E-state index contributed by atoms with van der Waals surface area (Å²) in [5.74, 6) is 0.254. The summed E-state index contributed by atoms with van der Waals surface area (Å²) < 4.78 is 14.2. The normalized spacial score (nSPS) is 22.1. The number of piperidine rings is 1. The number of nitrogens with one attached hydrogen (secondary N) is 1. The summed E-state index contributed by atoms with van der Waals surface area (Å²) >= 11 is 0. The van der Waals surface area contributed by atoms with Crippen LogP contribution in [0.5, 0.6) is 0 Å². The van der Waals surface area contributed by atoms with Crippen LogP contribution < -0.4 is 16.0 Å². The number of carbonyl (C=O) groups excluding carboxylic acids is 1. The van der Waals surface area contributed by atoms with Gasteiger partial charge in [-0.3, -0.25) is 4.79 Å². The van der Waals surface area contributed by atoms with Gasteiger partial charge in [0.15, 0.2) is 5.82 Å². The molecule has 0 spiro atoms. The zero-order valence-electron chi connectivity index (χ0n) is 19.2. The monoisotopic (exact) mass is 496 g/mol. The number of anilines is 2. The van der Waals surface area contributed by atoms with Crippen molar-refractivity contribution in [3.05, 3.63) is 36.3 Å². The summed E-state index contributed by atoms with van der Waals surface area (Å²) in [7, 11) is 0. The Balaban J connectivity index is 1.50. The molecule has 0 bridgehead atoms. The predicted molar refractivity (Wildman–Crippen MR) is 128 cm³/mol. The number of aliphatic hydroxyl groups is 1. The molecule has 5 rings (SSSR count). The number of fused-ring (bicyclic) bond motifs is 1. The summed E-state index contributed by atoms with van der Waals surface area (Å²) in [6, 6.07) is 4.60. The molecule has 0 aliphatic carbocycles. The number of aromatic nitrogens is 4. The smallest absolute Gasteiger partial charge is 0.407 e. The van der Waals surface area contributed by atoms with E-state index in [9.17, 15) is 24.2 Å². The van der Waals surface area contributed by atoms with E-state index in [1.165, 1.54) is 12.4 Å². The minimum atomic E-state index is -1.33. The molecule has 0 radical (unpaired) electrons. The number of nitrogens with two attached hydrogens (primary N) is 1. The first-order valence-electron chi connectivity index (χ1n) is 11.5. The first kappa shape index (κ1) is 23.6. The second-order valence-electron chi connectivity index (χ2n) is 8.99. The van der Waals surface area contributed by atoms with Crippen LogP contribution in [0.2, 0.25) is 0 Å². The number of hydrogen-bond donors (Lipinski definition) is 4. The van der Waals surface area contributed by atoms with Crippen molar-refractivity contribution in [1.82, 2.24) is 24.8 Å². The zero-order valence-corrected chi connectivity index (χ0v) is 19.2. The number of amides is 2. The van der Waals surface area contributed by atoms with Crippen molar-refractivity contribution in [1.29, 1.82) is 0 Å². The summed E-state index contributed by atoms with van der Waals surface area (Å²) in [4.78, 5) is 44.2. The molecule has 2 aliphatic rings. The maximum Gasteiger partial charge on any atom is 0.407 e. The number of carboxylic acid groups (broad SMARTS) is 1. The summed E-state index contributed by atoms with van der Waals surface area (Å²) in [6.07, 6.45) is 0.728. The van der Waals surface area contributed by atoms with E-state index < -0.39 is 24.2 Å². The molecular weight excluding hydrogens is 471 g/mol. The molecule has 0 aromatic carbocycles. The van der Waals surface area contributed by atoms with E-state index in [0.29, 0.717) is 30.8 Å². The van der Waals surface area contributed by atoms with Gasteiger partial charge in [0.1, 0.15) is 29.4 Å². The molecule has 5 heterocycles. The number of β-amino-alcohol motifs (C(OH)–C–C–N with tert-alkyl or cyclic N) is 1. The lowest BCUT2D eigenvalue weighted by atomic mass is 10.0. The maximum absolute atomic E-state index is 14.2. The average Bonchev–Trinajstić information content (AvgIpc) is 3.29. The van der Waals surface area contributed by atoms with Crippen LogP contribution in [0.25, 0.3) is 22.3 Å². The van der Waals surface area contributed by atoms with Gasteiger partial charge in [-0.2, -0.15) is 0 Å². The molecule has 0 saturated carbocycles. The van der Waals surface area contributed by atoms with Crippen LogP contribution in [0, 0.1) is 0 Å². The third-order valence-corrected chi connectivity index (χ3v) is 6.40. The Kier molecular flexibility index (Phi) is 6.22. The standard InChI is InChI=1S/C23H25FN8O4/c24-13-5-14(9-32(8-13)23(35)36)29-22-20-19(27-11-28-22)16(21(25)34)6-17(30-20)12-1-2-18(26-7-12)31-4-3-15(33)10-31/h1-2,6-7,11,13-15,33H,3-5,8-10H2,(H2,25,34)(H,35,36)(H,27,28,29)/t13-,14-,15?/m0/s1. The number of alkyl halides is 1. The second kappa shape index (κ2) is 9.49. The molecule has 2 aliphatic heterocycles. The third kappa shape index (κ3) is 4.69. The van der Waals surface area contributed by atoms with Crippen LogP contribution in [0.3, 0.4) is 0 Å². The van der Waals surface area contributed by atoms with Gasteiger partial charge in [0, 0.05) is 43.9 Å². The Morgan fingerprint density at radius 2 is 1.97 bits per heavy atom. The fourth-order valence-electron chi connectivity index (χ4n) is 4.65. The second-order valence-corrected chi connectivity index (χ2v) is 8.99. The van der Waals surface area contributed by atoms with Crippen molar-refractivity contribution in [3.63, 3.8) is 0 Å². The van der Waals surface area contributed by atoms with Crippen LogP contribution in [-0.2, 0) is 0 Å². The minimum absolute atomic E-state index is 0.0696. The molecular formula is C23H25FN8O4. The molecule has 3 aromatic heterocycles. The fraction of sp³-hybridized carbons (Fsp3) is 0.391. The average molecular weight is 497 g/mol. The topological polar surface area (TPSA) is 171 Å². The molecule has 36 heavy (non-hydrogen) atoms. The SMILES string of the molecule is NC(=O)c1cc(-c2ccc(N3CCC(O)C3)nc2)nc2c(N[C@H]3C[C@H](F)CN(C(=O)O)C3)ncnc12. The lowest BCUT2D eigenvalue weighted by Gasteiger charge is -2.33. The molecule has 2 saturated heterocycles. The zero-order chi connectivity index (χ0) is 25.4. The van der Waals surface area contributed by atoms with Gasteiger partial charge in [0.2, 0.25) is 0 Å². The van der Waals surface area contributed by atoms with Crippen LogP contribution in [0.15, 0.2) is 30.7 Å². The number of pyridine rings is 2. The van der Waals surface area contributed by atoms with E-state index in [0.717, 1.165) is 10.7 Å². The van der Waals surface area contributed by atoms with E-state index in [2.05, 4.69) is 25.3 Å². The molecule has 2 amide bonds. The van der Waals surface area contributed by atoms with Crippen LogP contribution in [0.4, 0.5) is 20.8 Å². The predicted octanol–water partition coefficient (Wildman–Crippen LogP) is 1.26. The van der Waals surface area contributed by atoms with Crippen molar-refractivity contribution in [2.75, 3.05) is 36.4 Å². The van der Waals surface area contributed by atoms with E-state index in [-0.39, 0.29) is 48.0 Å². The molecule has 5 N–H and O–H groups in total. The fourth-order valence-corrected chi connectivity index (χ4v) is 4.65. The van der Waals surface area contributed by atoms with Crippen molar-refractivity contribution >= 4 is 34.7 Å². The summed E-state index contributed by atoms with van der Waals surface area (Å²) in [5, 5.41) is 22.2. The van der Waals surface area contributed by atoms with Gasteiger partial charge in [-0.05, 0) is 24.6 Å². The largest absolute Gasteiger partial charge is 0.465 e. The van der Waals surface area contributed by atoms with Gasteiger partial charge in [0.05, 0.1) is 23.9 Å². The van der Waals surface area contributed by atoms with Gasteiger partial charge >= 0.3 is 6.09 Å². The first-order valence-corrected chi connectivity index (χ1v) is 11.5. The van der Waals surface area contributed by atoms with E-state index in [4.69, 9.17) is 5.73 Å². The maximum atomic E-state index is 14.2. The number of primary amides is 1. The number of aliphatic hydroxyl groups excluding tert-OH is 1. The highest BCUT2D eigenvalue weighted by atomic mass is 19.1. The highest BCUT2D eigenvalue weighted by Gasteiger charge is 2.31. The Labute approximate surface area is 205 Å². The van der Waals surface area contributed by atoms with E-state index in [1.807, 2.05) is 17.0 Å². The first-order chi connectivity index (χ1) is 17.3. The minimum Gasteiger partial charge on any atom is -0.465 e. The van der Waals surface area contributed by atoms with Gasteiger partial charge in [-0.25, -0.2) is 29.1 Å². The van der Waals surface area contributed by atoms with E-state index in [1.54, 1.807) is 6.20 Å². The van der Waals surface area contributed by atoms with Crippen molar-refractivity contribution in [2.45, 2.75) is 31.2 Å². The summed E-state index contributed by atoms with van der Waals surface area (Å²) in [5.41, 5.74) is 7.27. The molecule has 2 fully saturated rings. The van der Waals surface area contributed by atoms with Gasteiger partial charge in [0.25, 0.3) is 5.91 Å². The lowest BCUT2D eigenvalue weighted by molar-refractivity contribution is 0.1000. The number of halogens is 1. The summed E-state index contributed by atoms with van der Waals surface area (Å²) in [6.45, 7) is 1.10. The van der Waals surface area contributed by atoms with Crippen molar-refractivity contribution in [2.24, 2.45) is 5.73 Å². The number of likely N-dealkylation sites (tertiary alicyclic amines) is 1. The molecule has 3 atom stereocenters. The molecule has 188 valence electrons. The molecule has 3 aromatic rings. The molecule has 1 unspecified atom stereocenters. The third-order valence-electron chi connectivity index (χ3n) is 6.40. The van der Waals surface area contributed by atoms with Gasteiger partial charge < -0.3 is 31.1 Å². The highest BCUT2D eigenvalue weighted by Crippen LogP contribution is 2.29. The Hall–Kier alpha value is -4.13. The Bertz CT molecular complexity index is 1310. The molecule has 12 nitrogen and oxygen atoms in total. The number of carbonyl (C=O) groups is 2. The van der Waals surface area contributed by atoms with Gasteiger partial charge in [-0.15, -0.1) is 0 Å². The lowest BCUT2D eigenvalue weighted by Crippen LogP contribution is -2.49. The van der Waals surface area contributed by atoms with Crippen LogP contribution in [-0.4, -0.2) is 91.5 Å². The van der Waals surface area contributed by atoms with Crippen LogP contribution in [0.1, 0.15) is 23.2 Å². The highest BCUT2D eigenvalue weighted by molar-refractivity contribution is 6.06. The van der Waals surface area contributed by atoms with Gasteiger partial charge in [-0.1, -0.05) is 0 Å². The number of nitrogens with zero attached hydrogens (tertiary/aromatic N) is 6. The molecule has 13 heteroatoms. The Morgan fingerprint density at radius 1 is 1.14 bits per heavy atom. The quantitative estimate of drug-likeness (QED) is 0.403. The van der Waals surface area contributed by atoms with Crippen molar-refractivity contribution < 1.29 is 24.2 Å². The van der Waals surface area contributed by atoms with Crippen LogP contribution >= 0.6 is 0 Å². The Morgan fingerprint density at radius 3 is 2.64 bits per heavy atom. The van der Waals surface area contributed by atoms with Crippen molar-refractivity contribution in [3.8, 4) is 11.3 Å². The number of hydrogen-bond acceptors (Lipinski definition) is 9.